The maximum absolute atomic E-state index is 5.84. The molecule has 1 nitrogen and oxygen atoms in total. The van der Waals surface area contributed by atoms with Gasteiger partial charge in [-0.05, 0) is 5.41 Å². The molecule has 0 aromatic heterocycles. The Hall–Kier alpha value is 0.492. The zero-order valence-electron chi connectivity index (χ0n) is 8.61. The molecule has 66 valence electrons. The fraction of sp³-hybridized carbons (Fsp3) is 1.00. The predicted octanol–water partition coefficient (Wildman–Crippen LogP) is 3.08. The SMILES string of the molecule is C[CH2][Al]([CH2]C)[O]CC(C)(C)C. The van der Waals surface area contributed by atoms with E-state index in [2.05, 4.69) is 34.6 Å². The van der Waals surface area contributed by atoms with Gasteiger partial charge < -0.3 is 3.79 Å². The topological polar surface area (TPSA) is 9.23 Å². The average Bonchev–Trinajstić information content (AvgIpc) is 1.88. The Morgan fingerprint density at radius 2 is 1.55 bits per heavy atom. The Kier molecular flexibility index (Phi) is 5.43. The molecule has 0 N–H and O–H groups in total. The van der Waals surface area contributed by atoms with E-state index in [1.165, 1.54) is 10.6 Å². The third kappa shape index (κ3) is 6.87. The van der Waals surface area contributed by atoms with E-state index in [1.807, 2.05) is 0 Å². The highest BCUT2D eigenvalue weighted by atomic mass is 27.2. The molecular weight excluding hydrogens is 151 g/mol. The molecular formula is C9H21AlO. The molecule has 0 atom stereocenters. The second kappa shape index (κ2) is 5.19. The lowest BCUT2D eigenvalue weighted by molar-refractivity contribution is 0.197. The second-order valence-electron chi connectivity index (χ2n) is 4.31. The third-order valence-corrected chi connectivity index (χ3v) is 4.12. The monoisotopic (exact) mass is 172 g/mol. The molecule has 2 heteroatoms. The Bertz CT molecular complexity index is 92.2. The highest BCUT2D eigenvalue weighted by molar-refractivity contribution is 6.51. The number of hydrogen-bond donors (Lipinski definition) is 0. The average molecular weight is 172 g/mol. The molecule has 0 aliphatic carbocycles. The van der Waals surface area contributed by atoms with Crippen LogP contribution in [-0.2, 0) is 3.79 Å². The number of rotatable bonds is 4. The molecule has 0 bridgehead atoms. The van der Waals surface area contributed by atoms with Crippen LogP contribution in [0.1, 0.15) is 34.6 Å². The van der Waals surface area contributed by atoms with Crippen molar-refractivity contribution in [1.82, 2.24) is 0 Å². The van der Waals surface area contributed by atoms with Crippen LogP contribution in [0.5, 0.6) is 0 Å². The van der Waals surface area contributed by atoms with Crippen molar-refractivity contribution in [3.8, 4) is 0 Å². The van der Waals surface area contributed by atoms with Crippen molar-refractivity contribution in [3.05, 3.63) is 0 Å². The molecule has 0 aliphatic heterocycles. The first kappa shape index (κ1) is 11.5. The van der Waals surface area contributed by atoms with E-state index in [4.69, 9.17) is 3.79 Å². The van der Waals surface area contributed by atoms with E-state index in [9.17, 15) is 0 Å². The summed E-state index contributed by atoms with van der Waals surface area (Å²) < 4.78 is 5.84. The van der Waals surface area contributed by atoms with Crippen LogP contribution < -0.4 is 0 Å². The molecule has 0 radical (unpaired) electrons. The summed E-state index contributed by atoms with van der Waals surface area (Å²) in [7, 11) is 0. The largest absolute Gasteiger partial charge is 0.500 e. The summed E-state index contributed by atoms with van der Waals surface area (Å²) in [5, 5.41) is 2.54. The molecule has 0 aliphatic rings. The molecule has 0 fully saturated rings. The fourth-order valence-electron chi connectivity index (χ4n) is 0.892. The molecule has 0 unspecified atom stereocenters. The van der Waals surface area contributed by atoms with Crippen molar-refractivity contribution in [2.75, 3.05) is 6.61 Å². The Balaban J connectivity index is 3.51. The van der Waals surface area contributed by atoms with E-state index < -0.39 is 14.5 Å². The lowest BCUT2D eigenvalue weighted by Gasteiger charge is -2.21. The van der Waals surface area contributed by atoms with Crippen molar-refractivity contribution in [1.29, 1.82) is 0 Å². The van der Waals surface area contributed by atoms with Crippen LogP contribution >= 0.6 is 0 Å². The third-order valence-electron chi connectivity index (χ3n) is 1.66. The van der Waals surface area contributed by atoms with Gasteiger partial charge in [-0.2, -0.15) is 0 Å². The van der Waals surface area contributed by atoms with E-state index in [1.54, 1.807) is 0 Å². The molecule has 0 saturated carbocycles. The normalized spacial score (nSPS) is 11.7. The highest BCUT2D eigenvalue weighted by Gasteiger charge is 2.18. The highest BCUT2D eigenvalue weighted by Crippen LogP contribution is 2.14. The minimum absolute atomic E-state index is 0.343. The van der Waals surface area contributed by atoms with Gasteiger partial charge in [0.25, 0.3) is 0 Å². The smallest absolute Gasteiger partial charge is 0.460 e. The van der Waals surface area contributed by atoms with Gasteiger partial charge in [-0.15, -0.1) is 0 Å². The van der Waals surface area contributed by atoms with Crippen LogP contribution in [0.3, 0.4) is 0 Å². The van der Waals surface area contributed by atoms with Gasteiger partial charge in [0.15, 0.2) is 0 Å². The van der Waals surface area contributed by atoms with Crippen LogP contribution in [0.15, 0.2) is 0 Å². The van der Waals surface area contributed by atoms with E-state index in [-0.39, 0.29) is 0 Å². The van der Waals surface area contributed by atoms with Gasteiger partial charge in [-0.1, -0.05) is 45.2 Å². The van der Waals surface area contributed by atoms with Gasteiger partial charge in [-0.25, -0.2) is 0 Å². The van der Waals surface area contributed by atoms with E-state index >= 15 is 0 Å². The van der Waals surface area contributed by atoms with E-state index in [0.29, 0.717) is 5.41 Å². The Morgan fingerprint density at radius 3 is 1.82 bits per heavy atom. The zero-order valence-corrected chi connectivity index (χ0v) is 9.76. The lowest BCUT2D eigenvalue weighted by atomic mass is 9.99. The molecule has 0 heterocycles. The molecule has 0 rings (SSSR count). The lowest BCUT2D eigenvalue weighted by Crippen LogP contribution is -2.23. The Labute approximate surface area is 75.9 Å². The molecule has 0 saturated heterocycles. The maximum atomic E-state index is 5.84. The molecule has 0 aromatic carbocycles. The molecule has 0 spiro atoms. The Morgan fingerprint density at radius 1 is 1.09 bits per heavy atom. The van der Waals surface area contributed by atoms with Crippen LogP contribution in [0, 0.1) is 5.41 Å². The predicted molar refractivity (Wildman–Crippen MR) is 52.1 cm³/mol. The maximum Gasteiger partial charge on any atom is 0.460 e. The van der Waals surface area contributed by atoms with Gasteiger partial charge >= 0.3 is 14.5 Å². The summed E-state index contributed by atoms with van der Waals surface area (Å²) in [6.07, 6.45) is 0. The van der Waals surface area contributed by atoms with Gasteiger partial charge in [0, 0.05) is 6.61 Å². The van der Waals surface area contributed by atoms with Crippen LogP contribution in [0.2, 0.25) is 10.6 Å². The first-order valence-electron chi connectivity index (χ1n) is 4.61. The fourth-order valence-corrected chi connectivity index (χ4v) is 2.68. The van der Waals surface area contributed by atoms with E-state index in [0.717, 1.165) is 6.61 Å². The van der Waals surface area contributed by atoms with Crippen LogP contribution in [0.4, 0.5) is 0 Å². The summed E-state index contributed by atoms with van der Waals surface area (Å²) in [5.74, 6) is 0. The molecule has 11 heavy (non-hydrogen) atoms. The van der Waals surface area contributed by atoms with Crippen LogP contribution in [0.25, 0.3) is 0 Å². The molecule has 0 amide bonds. The van der Waals surface area contributed by atoms with Crippen molar-refractivity contribution in [3.63, 3.8) is 0 Å². The van der Waals surface area contributed by atoms with Crippen molar-refractivity contribution >= 4 is 14.5 Å². The standard InChI is InChI=1S/C5H11O.2C2H5.Al/c1-5(2,3)4-6;2*1-2;/h4H2,1-3H3;2*1H2,2H3;/q-1;;;+1. The van der Waals surface area contributed by atoms with Gasteiger partial charge in [0.2, 0.25) is 0 Å². The summed E-state index contributed by atoms with van der Waals surface area (Å²) >= 11 is -0.792. The zero-order chi connectivity index (χ0) is 8.91. The second-order valence-corrected chi connectivity index (χ2v) is 7.52. The van der Waals surface area contributed by atoms with Gasteiger partial charge in [-0.3, -0.25) is 0 Å². The number of hydrogen-bond acceptors (Lipinski definition) is 1. The quantitative estimate of drug-likeness (QED) is 0.592. The van der Waals surface area contributed by atoms with Crippen LogP contribution in [-0.4, -0.2) is 21.1 Å². The first-order chi connectivity index (χ1) is 4.99. The van der Waals surface area contributed by atoms with Gasteiger partial charge in [0.1, 0.15) is 0 Å². The van der Waals surface area contributed by atoms with Gasteiger partial charge in [0.05, 0.1) is 0 Å². The summed E-state index contributed by atoms with van der Waals surface area (Å²) in [5.41, 5.74) is 0.343. The first-order valence-corrected chi connectivity index (χ1v) is 6.71. The van der Waals surface area contributed by atoms with Crippen molar-refractivity contribution in [2.45, 2.75) is 45.2 Å². The molecule has 0 aromatic rings. The van der Waals surface area contributed by atoms with Crippen molar-refractivity contribution in [2.24, 2.45) is 5.41 Å². The summed E-state index contributed by atoms with van der Waals surface area (Å²) in [4.78, 5) is 0. The van der Waals surface area contributed by atoms with Crippen molar-refractivity contribution < 1.29 is 3.79 Å². The summed E-state index contributed by atoms with van der Waals surface area (Å²) in [6, 6.07) is 0. The minimum atomic E-state index is -0.792. The minimum Gasteiger partial charge on any atom is -0.500 e. The summed E-state index contributed by atoms with van der Waals surface area (Å²) in [6.45, 7) is 12.1.